The van der Waals surface area contributed by atoms with Crippen LogP contribution >= 0.6 is 11.6 Å². The van der Waals surface area contributed by atoms with Gasteiger partial charge in [-0.25, -0.2) is 4.98 Å². The third kappa shape index (κ3) is 5.33. The first-order chi connectivity index (χ1) is 20.5. The SMILES string of the molecule is COc1nc(/C(=C/[C@H]2CCC3(C2)O[C@H](c2ccccc2)[C@@H](c2ccccc2)O3)c2ccc(O)c(Cl)c2)ccc1C1CC1. The number of rotatable bonds is 7. The number of phenolic OH excluding ortho intramolecular Hbond substituents is 1. The maximum absolute atomic E-state index is 10.1. The van der Waals surface area contributed by atoms with E-state index in [1.165, 1.54) is 12.8 Å². The first-order valence-electron chi connectivity index (χ1n) is 14.7. The molecule has 2 saturated carbocycles. The Bertz CT molecular complexity index is 1550. The molecular weight excluding hydrogens is 546 g/mol. The van der Waals surface area contributed by atoms with Crippen molar-refractivity contribution in [1.29, 1.82) is 0 Å². The van der Waals surface area contributed by atoms with E-state index in [1.807, 2.05) is 18.2 Å². The summed E-state index contributed by atoms with van der Waals surface area (Å²) in [7, 11) is 1.68. The second-order valence-electron chi connectivity index (χ2n) is 11.6. The smallest absolute Gasteiger partial charge is 0.217 e. The first kappa shape index (κ1) is 27.2. The fourth-order valence-corrected chi connectivity index (χ4v) is 6.64. The summed E-state index contributed by atoms with van der Waals surface area (Å²) < 4.78 is 19.5. The topological polar surface area (TPSA) is 60.8 Å². The van der Waals surface area contributed by atoms with Gasteiger partial charge in [-0.3, -0.25) is 0 Å². The van der Waals surface area contributed by atoms with Gasteiger partial charge in [0.25, 0.3) is 0 Å². The quantitative estimate of drug-likeness (QED) is 0.237. The van der Waals surface area contributed by atoms with Crippen molar-refractivity contribution < 1.29 is 19.3 Å². The van der Waals surface area contributed by atoms with Gasteiger partial charge in [-0.2, -0.15) is 0 Å². The molecule has 1 saturated heterocycles. The number of hydrogen-bond acceptors (Lipinski definition) is 5. The largest absolute Gasteiger partial charge is 0.506 e. The van der Waals surface area contributed by atoms with E-state index in [-0.39, 0.29) is 23.9 Å². The molecule has 0 bridgehead atoms. The van der Waals surface area contributed by atoms with Crippen molar-refractivity contribution in [3.05, 3.63) is 130 Å². The van der Waals surface area contributed by atoms with Crippen LogP contribution in [0.3, 0.4) is 0 Å². The summed E-state index contributed by atoms with van der Waals surface area (Å²) in [5.41, 5.74) is 6.07. The lowest BCUT2D eigenvalue weighted by molar-refractivity contribution is -0.171. The molecule has 1 N–H and O–H groups in total. The van der Waals surface area contributed by atoms with Crippen LogP contribution in [0, 0.1) is 5.92 Å². The number of halogens is 1. The van der Waals surface area contributed by atoms with Gasteiger partial charge in [0, 0.05) is 24.0 Å². The molecule has 3 aromatic carbocycles. The molecule has 5 nitrogen and oxygen atoms in total. The highest BCUT2D eigenvalue weighted by molar-refractivity contribution is 6.32. The molecule has 0 amide bonds. The Kier molecular flexibility index (Phi) is 7.27. The lowest BCUT2D eigenvalue weighted by Crippen LogP contribution is -2.26. The average Bonchev–Trinajstić information content (AvgIpc) is 3.70. The van der Waals surface area contributed by atoms with Gasteiger partial charge in [-0.1, -0.05) is 90.5 Å². The van der Waals surface area contributed by atoms with Crippen molar-refractivity contribution in [3.8, 4) is 11.6 Å². The monoisotopic (exact) mass is 579 g/mol. The normalized spacial score (nSPS) is 23.4. The highest BCUT2D eigenvalue weighted by Gasteiger charge is 2.52. The number of methoxy groups -OCH3 is 1. The van der Waals surface area contributed by atoms with Crippen LogP contribution in [-0.4, -0.2) is 23.0 Å². The summed E-state index contributed by atoms with van der Waals surface area (Å²) in [6, 6.07) is 30.3. The second kappa shape index (κ2) is 11.2. The minimum Gasteiger partial charge on any atom is -0.506 e. The predicted molar refractivity (Wildman–Crippen MR) is 164 cm³/mol. The molecular formula is C36H34ClNO4. The minimum absolute atomic E-state index is 0.0564. The molecule has 1 aliphatic heterocycles. The van der Waals surface area contributed by atoms with Crippen molar-refractivity contribution in [2.75, 3.05) is 7.11 Å². The van der Waals surface area contributed by atoms with Gasteiger partial charge in [0.2, 0.25) is 5.88 Å². The Hall–Kier alpha value is -3.64. The maximum Gasteiger partial charge on any atom is 0.217 e. The van der Waals surface area contributed by atoms with Gasteiger partial charge in [-0.05, 0) is 66.0 Å². The van der Waals surface area contributed by atoms with Gasteiger partial charge in [-0.15, -0.1) is 0 Å². The van der Waals surface area contributed by atoms with Crippen LogP contribution < -0.4 is 4.74 Å². The molecule has 2 aliphatic carbocycles. The lowest BCUT2D eigenvalue weighted by atomic mass is 9.95. The lowest BCUT2D eigenvalue weighted by Gasteiger charge is -2.23. The van der Waals surface area contributed by atoms with E-state index in [9.17, 15) is 5.11 Å². The van der Waals surface area contributed by atoms with E-state index in [0.717, 1.165) is 52.8 Å². The summed E-state index contributed by atoms with van der Waals surface area (Å²) in [6.07, 6.45) is 6.68. The van der Waals surface area contributed by atoms with E-state index in [1.54, 1.807) is 19.2 Å². The van der Waals surface area contributed by atoms with Crippen LogP contribution in [0.25, 0.3) is 5.57 Å². The number of nitrogens with zero attached hydrogens (tertiary/aromatic N) is 1. The number of hydrogen-bond donors (Lipinski definition) is 1. The molecule has 1 aromatic heterocycles. The third-order valence-corrected chi connectivity index (χ3v) is 9.02. The van der Waals surface area contributed by atoms with Crippen LogP contribution in [0.1, 0.15) is 78.2 Å². The maximum atomic E-state index is 10.1. The van der Waals surface area contributed by atoms with E-state index in [0.29, 0.717) is 16.8 Å². The molecule has 214 valence electrons. The summed E-state index contributed by atoms with van der Waals surface area (Å²) in [5, 5.41) is 10.4. The van der Waals surface area contributed by atoms with Gasteiger partial charge in [0.15, 0.2) is 5.79 Å². The molecule has 4 aromatic rings. The number of pyridine rings is 1. The number of phenols is 1. The van der Waals surface area contributed by atoms with E-state index in [2.05, 4.69) is 66.7 Å². The van der Waals surface area contributed by atoms with Crippen LogP contribution in [0.5, 0.6) is 11.6 Å². The minimum atomic E-state index is -0.680. The molecule has 3 fully saturated rings. The average molecular weight is 580 g/mol. The van der Waals surface area contributed by atoms with Gasteiger partial charge in [0.05, 0.1) is 17.8 Å². The Balaban J connectivity index is 1.23. The van der Waals surface area contributed by atoms with Crippen molar-refractivity contribution >= 4 is 17.2 Å². The van der Waals surface area contributed by atoms with E-state index < -0.39 is 5.79 Å². The van der Waals surface area contributed by atoms with Crippen LogP contribution in [0.4, 0.5) is 0 Å². The van der Waals surface area contributed by atoms with Gasteiger partial charge < -0.3 is 19.3 Å². The molecule has 2 heterocycles. The summed E-state index contributed by atoms with van der Waals surface area (Å²) >= 11 is 6.38. The third-order valence-electron chi connectivity index (χ3n) is 8.72. The highest BCUT2D eigenvalue weighted by Crippen LogP contribution is 2.55. The summed E-state index contributed by atoms with van der Waals surface area (Å²) in [4.78, 5) is 4.96. The zero-order valence-corrected chi connectivity index (χ0v) is 24.3. The van der Waals surface area contributed by atoms with E-state index >= 15 is 0 Å². The van der Waals surface area contributed by atoms with Crippen LogP contribution in [0.15, 0.2) is 97.1 Å². The summed E-state index contributed by atoms with van der Waals surface area (Å²) in [5.74, 6) is 0.766. The molecule has 7 rings (SSSR count). The number of allylic oxidation sites excluding steroid dienone is 1. The molecule has 3 atom stereocenters. The number of aromatic hydroxyl groups is 1. The van der Waals surface area contributed by atoms with Gasteiger partial charge >= 0.3 is 0 Å². The van der Waals surface area contributed by atoms with Crippen molar-refractivity contribution in [3.63, 3.8) is 0 Å². The molecule has 3 aliphatic rings. The zero-order chi connectivity index (χ0) is 28.7. The number of benzene rings is 3. The Labute approximate surface area is 251 Å². The van der Waals surface area contributed by atoms with E-state index in [4.69, 9.17) is 30.8 Å². The molecule has 0 unspecified atom stereocenters. The van der Waals surface area contributed by atoms with Crippen molar-refractivity contribution in [2.24, 2.45) is 5.92 Å². The Morgan fingerprint density at radius 1 is 0.905 bits per heavy atom. The standard InChI is InChI=1S/C36H34ClNO4/c1-40-35-28(24-12-13-24)15-16-31(38-35)29(27-14-17-32(39)30(37)21-27)20-23-18-19-36(22-23)41-33(25-8-4-2-5-9-25)34(42-36)26-10-6-3-7-11-26/h2-11,14-17,20-21,23-24,33-34,39H,12-13,18-19,22H2,1H3/b29-20+/t23-,33-,34-/m1/s1. The highest BCUT2D eigenvalue weighted by atomic mass is 35.5. The van der Waals surface area contributed by atoms with Crippen LogP contribution in [0.2, 0.25) is 5.02 Å². The number of ether oxygens (including phenoxy) is 3. The second-order valence-corrected chi connectivity index (χ2v) is 12.0. The molecule has 6 heteroatoms. The Morgan fingerprint density at radius 2 is 1.57 bits per heavy atom. The molecule has 42 heavy (non-hydrogen) atoms. The fourth-order valence-electron chi connectivity index (χ4n) is 6.46. The zero-order valence-electron chi connectivity index (χ0n) is 23.6. The summed E-state index contributed by atoms with van der Waals surface area (Å²) in [6.45, 7) is 0. The molecule has 1 spiro atoms. The number of aromatic nitrogens is 1. The van der Waals surface area contributed by atoms with Crippen molar-refractivity contribution in [1.82, 2.24) is 4.98 Å². The van der Waals surface area contributed by atoms with Gasteiger partial charge in [0.1, 0.15) is 18.0 Å². The Morgan fingerprint density at radius 3 is 2.17 bits per heavy atom. The first-order valence-corrected chi connectivity index (χ1v) is 15.1. The predicted octanol–water partition coefficient (Wildman–Crippen LogP) is 8.78. The molecule has 0 radical (unpaired) electrons. The fraction of sp³-hybridized carbons (Fsp3) is 0.306. The van der Waals surface area contributed by atoms with Crippen LogP contribution in [-0.2, 0) is 9.47 Å². The van der Waals surface area contributed by atoms with Crippen molar-refractivity contribution in [2.45, 2.75) is 56.0 Å².